The Kier molecular flexibility index (Phi) is 7.49. The van der Waals surface area contributed by atoms with Crippen molar-refractivity contribution in [3.8, 4) is 11.4 Å². The Morgan fingerprint density at radius 3 is 2.25 bits per heavy atom. The summed E-state index contributed by atoms with van der Waals surface area (Å²) >= 11 is 5.38. The Hall–Kier alpha value is -3.98. The molecule has 9 heteroatoms. The molecule has 0 saturated carbocycles. The third-order valence-corrected chi connectivity index (χ3v) is 6.28. The molecular weight excluding hydrogens is 472 g/mol. The van der Waals surface area contributed by atoms with Gasteiger partial charge in [-0.3, -0.25) is 10.1 Å². The minimum Gasteiger partial charge on any atom is -0.497 e. The summed E-state index contributed by atoms with van der Waals surface area (Å²) in [6.07, 6.45) is 0. The molecule has 1 amide bonds. The predicted octanol–water partition coefficient (Wildman–Crippen LogP) is 5.02. The van der Waals surface area contributed by atoms with Crippen LogP contribution in [0.15, 0.2) is 54.6 Å². The number of aryl methyl sites for hydroxylation is 2. The molecule has 0 spiro atoms. The minimum atomic E-state index is -0.302. The van der Waals surface area contributed by atoms with Crippen LogP contribution in [0.4, 0.5) is 11.4 Å². The van der Waals surface area contributed by atoms with Crippen LogP contribution < -0.4 is 20.3 Å². The van der Waals surface area contributed by atoms with Crippen LogP contribution in [0.1, 0.15) is 35.3 Å². The zero-order chi connectivity index (χ0) is 25.8. The first-order valence-electron chi connectivity index (χ1n) is 11.8. The number of aromatic nitrogens is 3. The van der Waals surface area contributed by atoms with Crippen LogP contribution in [-0.4, -0.2) is 46.2 Å². The maximum Gasteiger partial charge on any atom is 0.257 e. The van der Waals surface area contributed by atoms with Crippen LogP contribution in [0.5, 0.6) is 5.75 Å². The van der Waals surface area contributed by atoms with Gasteiger partial charge in [0.15, 0.2) is 5.11 Å². The molecule has 0 radical (unpaired) electrons. The van der Waals surface area contributed by atoms with Crippen LogP contribution in [0.25, 0.3) is 16.7 Å². The van der Waals surface area contributed by atoms with Gasteiger partial charge in [-0.25, -0.2) is 0 Å². The lowest BCUT2D eigenvalue weighted by atomic mass is 10.1. The van der Waals surface area contributed by atoms with E-state index in [0.29, 0.717) is 11.3 Å². The van der Waals surface area contributed by atoms with Crippen LogP contribution in [0.3, 0.4) is 0 Å². The first-order chi connectivity index (χ1) is 17.3. The smallest absolute Gasteiger partial charge is 0.257 e. The molecule has 0 aliphatic carbocycles. The molecule has 3 aromatic carbocycles. The van der Waals surface area contributed by atoms with Gasteiger partial charge in [0.2, 0.25) is 0 Å². The van der Waals surface area contributed by atoms with Crippen LogP contribution in [-0.2, 0) is 0 Å². The molecule has 0 fully saturated rings. The lowest BCUT2D eigenvalue weighted by Crippen LogP contribution is -2.34. The molecule has 2 N–H and O–H groups in total. The molecule has 4 rings (SSSR count). The Bertz CT molecular complexity index is 1410. The van der Waals surface area contributed by atoms with Gasteiger partial charge in [0, 0.05) is 30.0 Å². The zero-order valence-electron chi connectivity index (χ0n) is 21.1. The van der Waals surface area contributed by atoms with E-state index in [9.17, 15) is 4.79 Å². The van der Waals surface area contributed by atoms with Crippen LogP contribution >= 0.6 is 12.2 Å². The summed E-state index contributed by atoms with van der Waals surface area (Å²) < 4.78 is 5.13. The summed E-state index contributed by atoms with van der Waals surface area (Å²) in [5, 5.41) is 15.4. The van der Waals surface area contributed by atoms with Gasteiger partial charge in [-0.1, -0.05) is 0 Å². The number of thiocarbonyl (C=S) groups is 1. The molecule has 0 bridgehead atoms. The van der Waals surface area contributed by atoms with Gasteiger partial charge in [0.25, 0.3) is 5.91 Å². The van der Waals surface area contributed by atoms with E-state index >= 15 is 0 Å². The number of benzene rings is 3. The van der Waals surface area contributed by atoms with E-state index in [1.165, 1.54) is 5.69 Å². The van der Waals surface area contributed by atoms with E-state index in [4.69, 9.17) is 27.2 Å². The summed E-state index contributed by atoms with van der Waals surface area (Å²) in [4.78, 5) is 16.5. The largest absolute Gasteiger partial charge is 0.497 e. The quantitative estimate of drug-likeness (QED) is 0.343. The van der Waals surface area contributed by atoms with E-state index in [2.05, 4.69) is 54.5 Å². The maximum atomic E-state index is 12.5. The highest BCUT2D eigenvalue weighted by atomic mass is 32.1. The second kappa shape index (κ2) is 10.7. The van der Waals surface area contributed by atoms with Gasteiger partial charge in [-0.05, 0) is 106 Å². The van der Waals surface area contributed by atoms with Crippen molar-refractivity contribution < 1.29 is 9.53 Å². The Labute approximate surface area is 216 Å². The second-order valence-corrected chi connectivity index (χ2v) is 8.83. The number of fused-ring (bicyclic) bond motifs is 1. The average Bonchev–Trinajstić information content (AvgIpc) is 3.27. The zero-order valence-corrected chi connectivity index (χ0v) is 21.9. The molecule has 36 heavy (non-hydrogen) atoms. The number of amides is 1. The first-order valence-corrected chi connectivity index (χ1v) is 12.2. The van der Waals surface area contributed by atoms with Gasteiger partial charge in [0.1, 0.15) is 16.8 Å². The van der Waals surface area contributed by atoms with Crippen LogP contribution in [0, 0.1) is 13.8 Å². The summed E-state index contributed by atoms with van der Waals surface area (Å²) in [7, 11) is 1.58. The number of nitrogens with zero attached hydrogens (tertiary/aromatic N) is 4. The second-order valence-electron chi connectivity index (χ2n) is 8.43. The monoisotopic (exact) mass is 502 g/mol. The van der Waals surface area contributed by atoms with Crippen molar-refractivity contribution in [2.45, 2.75) is 27.7 Å². The average molecular weight is 503 g/mol. The number of rotatable bonds is 7. The van der Waals surface area contributed by atoms with E-state index in [1.807, 2.05) is 19.1 Å². The summed E-state index contributed by atoms with van der Waals surface area (Å²) in [6, 6.07) is 17.0. The Balaban J connectivity index is 1.52. The van der Waals surface area contributed by atoms with Crippen LogP contribution in [0.2, 0.25) is 0 Å². The third kappa shape index (κ3) is 5.31. The topological polar surface area (TPSA) is 84.3 Å². The normalized spacial score (nSPS) is 10.8. The van der Waals surface area contributed by atoms with Crippen molar-refractivity contribution in [1.82, 2.24) is 20.3 Å². The van der Waals surface area contributed by atoms with Gasteiger partial charge in [-0.15, -0.1) is 10.2 Å². The van der Waals surface area contributed by atoms with Crippen molar-refractivity contribution in [3.05, 3.63) is 71.3 Å². The first kappa shape index (κ1) is 25.1. The number of hydrogen-bond donors (Lipinski definition) is 2. The lowest BCUT2D eigenvalue weighted by molar-refractivity contribution is 0.0977. The SMILES string of the molecule is CCN(CC)c1ccc(-n2nc3cc(C)c(NC(=S)NC(=O)c4ccc(OC)cc4)cc3n2)c(C)c1. The van der Waals surface area contributed by atoms with Crippen molar-refractivity contribution in [1.29, 1.82) is 0 Å². The van der Waals surface area contributed by atoms with Crippen molar-refractivity contribution in [2.75, 3.05) is 30.4 Å². The van der Waals surface area contributed by atoms with E-state index < -0.39 is 0 Å². The third-order valence-electron chi connectivity index (χ3n) is 6.08. The minimum absolute atomic E-state index is 0.202. The highest BCUT2D eigenvalue weighted by molar-refractivity contribution is 7.80. The number of hydrogen-bond acceptors (Lipinski definition) is 6. The number of ether oxygens (including phenoxy) is 1. The summed E-state index contributed by atoms with van der Waals surface area (Å²) in [5.74, 6) is 0.378. The fourth-order valence-electron chi connectivity index (χ4n) is 4.03. The lowest BCUT2D eigenvalue weighted by Gasteiger charge is -2.22. The highest BCUT2D eigenvalue weighted by Gasteiger charge is 2.13. The molecule has 0 aliphatic heterocycles. The molecule has 8 nitrogen and oxygen atoms in total. The van der Waals surface area contributed by atoms with Gasteiger partial charge in [0.05, 0.1) is 12.8 Å². The van der Waals surface area contributed by atoms with E-state index in [-0.39, 0.29) is 11.0 Å². The molecule has 1 heterocycles. The van der Waals surface area contributed by atoms with Gasteiger partial charge in [-0.2, -0.15) is 4.80 Å². The summed E-state index contributed by atoms with van der Waals surface area (Å²) in [5.41, 5.74) is 6.88. The molecule has 0 saturated heterocycles. The number of carbonyl (C=O) groups excluding carboxylic acids is 1. The fraction of sp³-hybridized carbons (Fsp3) is 0.259. The Morgan fingerprint density at radius 2 is 1.64 bits per heavy atom. The molecule has 4 aromatic rings. The standard InChI is InChI=1S/C27H30N6O2S/c1-6-32(7-2)20-10-13-25(18(4)14-20)33-30-23-15-17(3)22(16-24(23)31-33)28-27(36)29-26(34)19-8-11-21(35-5)12-9-19/h8-16H,6-7H2,1-5H3,(H2,28,29,34,36). The molecular formula is C27H30N6O2S. The van der Waals surface area contributed by atoms with E-state index in [0.717, 1.165) is 46.6 Å². The molecule has 1 aromatic heterocycles. The molecule has 186 valence electrons. The predicted molar refractivity (Wildman–Crippen MR) is 149 cm³/mol. The fourth-order valence-corrected chi connectivity index (χ4v) is 4.23. The highest BCUT2D eigenvalue weighted by Crippen LogP contribution is 2.25. The number of methoxy groups -OCH3 is 1. The van der Waals surface area contributed by atoms with Crippen molar-refractivity contribution in [3.63, 3.8) is 0 Å². The number of nitrogens with one attached hydrogen (secondary N) is 2. The van der Waals surface area contributed by atoms with Gasteiger partial charge < -0.3 is 15.0 Å². The molecule has 0 unspecified atom stereocenters. The maximum absolute atomic E-state index is 12.5. The van der Waals surface area contributed by atoms with Crippen molar-refractivity contribution >= 4 is 45.6 Å². The molecule has 0 aliphatic rings. The summed E-state index contributed by atoms with van der Waals surface area (Å²) in [6.45, 7) is 10.2. The van der Waals surface area contributed by atoms with Gasteiger partial charge >= 0.3 is 0 Å². The Morgan fingerprint density at radius 1 is 0.972 bits per heavy atom. The number of carbonyl (C=O) groups is 1. The number of anilines is 2. The van der Waals surface area contributed by atoms with Crippen molar-refractivity contribution in [2.24, 2.45) is 0 Å². The molecule has 0 atom stereocenters. The van der Waals surface area contributed by atoms with E-state index in [1.54, 1.807) is 36.2 Å².